The molecule has 3 rings (SSSR count). The molecule has 34 heavy (non-hydrogen) atoms. The summed E-state index contributed by atoms with van der Waals surface area (Å²) in [5, 5.41) is 4.11. The predicted octanol–water partition coefficient (Wildman–Crippen LogP) is 4.03. The number of carbonyl (C=O) groups is 1. The average Bonchev–Trinajstić information content (AvgIpc) is 2.77. The maximum absolute atomic E-state index is 13.7. The van der Waals surface area contributed by atoms with Crippen molar-refractivity contribution in [3.63, 3.8) is 0 Å². The van der Waals surface area contributed by atoms with E-state index in [0.717, 1.165) is 32.1 Å². The Bertz CT molecular complexity index is 1160. The first-order valence-electron chi connectivity index (χ1n) is 11.3. The molecule has 186 valence electrons. The van der Waals surface area contributed by atoms with Gasteiger partial charge in [0.05, 0.1) is 16.8 Å². The van der Waals surface area contributed by atoms with Crippen molar-refractivity contribution in [2.24, 2.45) is 16.2 Å². The number of rotatable bonds is 7. The number of pyridine rings is 1. The van der Waals surface area contributed by atoms with Gasteiger partial charge in [0.25, 0.3) is 0 Å². The van der Waals surface area contributed by atoms with E-state index in [1.54, 1.807) is 45.3 Å². The number of esters is 1. The zero-order chi connectivity index (χ0) is 24.9. The maximum atomic E-state index is 13.7. The molecule has 0 unspecified atom stereocenters. The van der Waals surface area contributed by atoms with Gasteiger partial charge >= 0.3 is 5.97 Å². The maximum Gasteiger partial charge on any atom is 0.321 e. The minimum absolute atomic E-state index is 0.0105. The topological polar surface area (TPSA) is 127 Å². The second kappa shape index (κ2) is 10.9. The highest BCUT2D eigenvalue weighted by atomic mass is 35.5. The summed E-state index contributed by atoms with van der Waals surface area (Å²) in [6.45, 7) is 5.22. The van der Waals surface area contributed by atoms with Crippen LogP contribution in [0.3, 0.4) is 0 Å². The van der Waals surface area contributed by atoms with Crippen molar-refractivity contribution in [1.82, 2.24) is 9.29 Å². The number of benzene rings is 1. The number of ether oxygens (including phenoxy) is 1. The number of fused-ring (bicyclic) bond motifs is 1. The van der Waals surface area contributed by atoms with Gasteiger partial charge in [-0.05, 0) is 51.7 Å². The van der Waals surface area contributed by atoms with Crippen molar-refractivity contribution < 1.29 is 17.9 Å². The minimum atomic E-state index is -3.97. The molecule has 1 aromatic heterocycles. The van der Waals surface area contributed by atoms with Gasteiger partial charge in [-0.25, -0.2) is 8.42 Å². The van der Waals surface area contributed by atoms with Crippen LogP contribution in [0.1, 0.15) is 52.9 Å². The summed E-state index contributed by atoms with van der Waals surface area (Å²) in [6.07, 6.45) is 8.29. The van der Waals surface area contributed by atoms with Crippen LogP contribution in [-0.4, -0.2) is 48.3 Å². The summed E-state index contributed by atoms with van der Waals surface area (Å²) >= 11 is 5.39. The van der Waals surface area contributed by atoms with Gasteiger partial charge in [-0.1, -0.05) is 25.3 Å². The lowest BCUT2D eigenvalue weighted by atomic mass is 9.89. The van der Waals surface area contributed by atoms with E-state index in [9.17, 15) is 13.2 Å². The van der Waals surface area contributed by atoms with E-state index in [1.807, 2.05) is 0 Å². The normalized spacial score (nSPS) is 16.1. The van der Waals surface area contributed by atoms with Gasteiger partial charge in [0, 0.05) is 35.3 Å². The SMILES string of the molecule is CC(C)(C)OC(=O)CN(CC1CCCCC1)S(=O)(=O)c1ccc2c(NC(N)=NCl)cncc2c1. The van der Waals surface area contributed by atoms with Crippen LogP contribution in [-0.2, 0) is 19.6 Å². The van der Waals surface area contributed by atoms with E-state index in [4.69, 9.17) is 22.2 Å². The molecule has 1 aromatic carbocycles. The zero-order valence-corrected chi connectivity index (χ0v) is 21.3. The number of guanidine groups is 1. The fraction of sp³-hybridized carbons (Fsp3) is 0.522. The molecule has 3 N–H and O–H groups in total. The second-order valence-corrected chi connectivity index (χ2v) is 11.7. The highest BCUT2D eigenvalue weighted by Gasteiger charge is 2.31. The largest absolute Gasteiger partial charge is 0.459 e. The third-order valence-corrected chi connectivity index (χ3v) is 7.62. The number of nitrogens with zero attached hydrogens (tertiary/aromatic N) is 3. The number of hydrogen-bond donors (Lipinski definition) is 2. The predicted molar refractivity (Wildman–Crippen MR) is 134 cm³/mol. The lowest BCUT2D eigenvalue weighted by Gasteiger charge is -2.29. The van der Waals surface area contributed by atoms with Crippen LogP contribution in [0.15, 0.2) is 40.0 Å². The molecule has 0 aliphatic heterocycles. The molecule has 0 bridgehead atoms. The van der Waals surface area contributed by atoms with E-state index >= 15 is 0 Å². The van der Waals surface area contributed by atoms with Crippen LogP contribution in [0.2, 0.25) is 0 Å². The smallest absolute Gasteiger partial charge is 0.321 e. The third-order valence-electron chi connectivity index (χ3n) is 5.63. The molecule has 0 amide bonds. The first kappa shape index (κ1) is 26.2. The van der Waals surface area contributed by atoms with Crippen LogP contribution in [0.5, 0.6) is 0 Å². The molecule has 11 heteroatoms. The van der Waals surface area contributed by atoms with Gasteiger partial charge in [-0.2, -0.15) is 4.31 Å². The van der Waals surface area contributed by atoms with E-state index in [0.29, 0.717) is 16.5 Å². The zero-order valence-electron chi connectivity index (χ0n) is 19.8. The number of sulfonamides is 1. The summed E-state index contributed by atoms with van der Waals surface area (Å²) in [7, 11) is -3.97. The van der Waals surface area contributed by atoms with Crippen molar-refractivity contribution in [3.05, 3.63) is 30.6 Å². The Morgan fingerprint density at radius 2 is 1.97 bits per heavy atom. The van der Waals surface area contributed by atoms with E-state index in [1.165, 1.54) is 10.4 Å². The van der Waals surface area contributed by atoms with E-state index < -0.39 is 21.6 Å². The number of nitrogens with one attached hydrogen (secondary N) is 1. The lowest BCUT2D eigenvalue weighted by molar-refractivity contribution is -0.155. The Kier molecular flexibility index (Phi) is 8.38. The van der Waals surface area contributed by atoms with E-state index in [-0.39, 0.29) is 29.9 Å². The summed E-state index contributed by atoms with van der Waals surface area (Å²) in [6, 6.07) is 4.72. The van der Waals surface area contributed by atoms with Gasteiger partial charge < -0.3 is 15.8 Å². The molecule has 9 nitrogen and oxygen atoms in total. The molecule has 1 aliphatic carbocycles. The highest BCUT2D eigenvalue weighted by molar-refractivity contribution is 7.89. The summed E-state index contributed by atoms with van der Waals surface area (Å²) in [4.78, 5) is 16.8. The molecule has 1 saturated carbocycles. The van der Waals surface area contributed by atoms with Crippen molar-refractivity contribution in [1.29, 1.82) is 0 Å². The van der Waals surface area contributed by atoms with Crippen LogP contribution in [0, 0.1) is 5.92 Å². The monoisotopic (exact) mass is 509 g/mol. The Balaban J connectivity index is 1.94. The molecule has 0 radical (unpaired) electrons. The molecule has 0 atom stereocenters. The van der Waals surface area contributed by atoms with Crippen molar-refractivity contribution in [2.45, 2.75) is 63.4 Å². The molecule has 1 aliphatic rings. The van der Waals surface area contributed by atoms with Crippen molar-refractivity contribution in [3.8, 4) is 0 Å². The number of aromatic nitrogens is 1. The minimum Gasteiger partial charge on any atom is -0.459 e. The summed E-state index contributed by atoms with van der Waals surface area (Å²) < 4.78 is 37.4. The quantitative estimate of drug-likeness (QED) is 0.327. The van der Waals surface area contributed by atoms with Crippen molar-refractivity contribution >= 4 is 50.2 Å². The Hall–Kier alpha value is -2.43. The van der Waals surface area contributed by atoms with Crippen LogP contribution >= 0.6 is 11.8 Å². The molecule has 1 heterocycles. The highest BCUT2D eigenvalue weighted by Crippen LogP contribution is 2.29. The first-order valence-corrected chi connectivity index (χ1v) is 13.1. The second-order valence-electron chi connectivity index (χ2n) is 9.55. The van der Waals surface area contributed by atoms with Crippen molar-refractivity contribution in [2.75, 3.05) is 18.4 Å². The summed E-state index contributed by atoms with van der Waals surface area (Å²) in [5.41, 5.74) is 5.48. The molecule has 0 saturated heterocycles. The van der Waals surface area contributed by atoms with Crippen LogP contribution in [0.25, 0.3) is 10.8 Å². The van der Waals surface area contributed by atoms with Crippen LogP contribution in [0.4, 0.5) is 5.69 Å². The molecular formula is C23H32ClN5O4S. The van der Waals surface area contributed by atoms with Gasteiger partial charge in [0.2, 0.25) is 16.0 Å². The number of anilines is 1. The average molecular weight is 510 g/mol. The number of hydrogen-bond acceptors (Lipinski definition) is 6. The third kappa shape index (κ3) is 6.80. The molecule has 1 fully saturated rings. The molecular weight excluding hydrogens is 478 g/mol. The van der Waals surface area contributed by atoms with Gasteiger partial charge in [-0.15, -0.1) is 4.51 Å². The number of carbonyl (C=O) groups excluding carboxylic acids is 1. The Morgan fingerprint density at radius 1 is 1.26 bits per heavy atom. The number of nitrogens with two attached hydrogens (primary N) is 1. The standard InChI is InChI=1S/C23H32ClN5O4S/c1-23(2,3)33-21(30)15-29(14-16-7-5-4-6-8-16)34(31,32)18-9-10-19-17(11-18)12-26-13-20(19)27-22(25)28-24/h9-13,16H,4-8,14-15H2,1-3H3,(H3,25,27,28). The Morgan fingerprint density at radius 3 is 2.62 bits per heavy atom. The van der Waals surface area contributed by atoms with Gasteiger partial charge in [-0.3, -0.25) is 9.78 Å². The fourth-order valence-corrected chi connectivity index (χ4v) is 5.68. The lowest BCUT2D eigenvalue weighted by Crippen LogP contribution is -2.41. The fourth-order valence-electron chi connectivity index (χ4n) is 4.15. The summed E-state index contributed by atoms with van der Waals surface area (Å²) in [5.74, 6) is -0.373. The van der Waals surface area contributed by atoms with Crippen LogP contribution < -0.4 is 11.1 Å². The molecule has 0 spiro atoms. The molecule has 2 aromatic rings. The Labute approximate surface area is 205 Å². The van der Waals surface area contributed by atoms with E-state index in [2.05, 4.69) is 14.8 Å². The first-order chi connectivity index (χ1) is 16.0. The van der Waals surface area contributed by atoms with Gasteiger partial charge in [0.1, 0.15) is 12.1 Å². The van der Waals surface area contributed by atoms with Gasteiger partial charge in [0.15, 0.2) is 0 Å². The number of halogens is 1.